The summed E-state index contributed by atoms with van der Waals surface area (Å²) in [7, 11) is 0. The van der Waals surface area contributed by atoms with Crippen molar-refractivity contribution in [1.29, 1.82) is 0 Å². The normalized spacial score (nSPS) is 18.9. The summed E-state index contributed by atoms with van der Waals surface area (Å²) in [6, 6.07) is 17.3. The number of rotatable bonds is 7. The second-order valence-corrected chi connectivity index (χ2v) is 10.3. The molecular formula is C27H36BrN3O. The largest absolute Gasteiger partial charge is 0.352 e. The highest BCUT2D eigenvalue weighted by molar-refractivity contribution is 9.10. The van der Waals surface area contributed by atoms with Crippen LogP contribution in [-0.2, 0) is 24.4 Å². The topological polar surface area (TPSA) is 35.6 Å². The zero-order valence-electron chi connectivity index (χ0n) is 19.1. The number of amides is 1. The number of benzene rings is 2. The fourth-order valence-electron chi connectivity index (χ4n) is 4.97. The molecule has 2 saturated heterocycles. The molecule has 0 aromatic heterocycles. The zero-order chi connectivity index (χ0) is 22.2. The van der Waals surface area contributed by atoms with Crippen molar-refractivity contribution in [3.8, 4) is 0 Å². The fourth-order valence-corrected chi connectivity index (χ4v) is 5.42. The highest BCUT2D eigenvalue weighted by Gasteiger charge is 2.24. The van der Waals surface area contributed by atoms with Crippen molar-refractivity contribution < 1.29 is 4.79 Å². The molecule has 0 spiro atoms. The number of nitrogens with zero attached hydrogens (tertiary/aromatic N) is 2. The molecule has 1 N–H and O–H groups in total. The lowest BCUT2D eigenvalue weighted by Crippen LogP contribution is -2.40. The van der Waals surface area contributed by atoms with Gasteiger partial charge < -0.3 is 5.32 Å². The maximum atomic E-state index is 12.8. The number of nitrogens with one attached hydrogen (secondary N) is 1. The van der Waals surface area contributed by atoms with Gasteiger partial charge in [0.25, 0.3) is 0 Å². The van der Waals surface area contributed by atoms with E-state index in [0.29, 0.717) is 6.54 Å². The lowest BCUT2D eigenvalue weighted by molar-refractivity contribution is -0.126. The van der Waals surface area contributed by atoms with Crippen molar-refractivity contribution in [3.05, 3.63) is 69.7 Å². The maximum absolute atomic E-state index is 12.8. The van der Waals surface area contributed by atoms with Crippen LogP contribution in [0.15, 0.2) is 53.0 Å². The van der Waals surface area contributed by atoms with Gasteiger partial charge in [-0.15, -0.1) is 0 Å². The summed E-state index contributed by atoms with van der Waals surface area (Å²) >= 11 is 3.55. The highest BCUT2D eigenvalue weighted by atomic mass is 79.9. The van der Waals surface area contributed by atoms with Crippen molar-refractivity contribution in [1.82, 2.24) is 15.1 Å². The van der Waals surface area contributed by atoms with Gasteiger partial charge in [0.1, 0.15) is 0 Å². The second-order valence-electron chi connectivity index (χ2n) is 9.41. The Kier molecular flexibility index (Phi) is 8.77. The third-order valence-electron chi connectivity index (χ3n) is 6.82. The van der Waals surface area contributed by atoms with Gasteiger partial charge in [0.2, 0.25) is 5.91 Å². The predicted octanol–water partition coefficient (Wildman–Crippen LogP) is 5.35. The molecule has 2 aliphatic heterocycles. The van der Waals surface area contributed by atoms with Crippen LogP contribution in [0.3, 0.4) is 0 Å². The Bertz CT molecular complexity index is 871. The minimum atomic E-state index is 0.133. The Morgan fingerprint density at radius 2 is 1.41 bits per heavy atom. The minimum Gasteiger partial charge on any atom is -0.352 e. The molecule has 172 valence electrons. The molecule has 4 rings (SSSR count). The smallest absolute Gasteiger partial charge is 0.223 e. The van der Waals surface area contributed by atoms with Crippen LogP contribution in [0.25, 0.3) is 0 Å². The minimum absolute atomic E-state index is 0.133. The average molecular weight is 499 g/mol. The van der Waals surface area contributed by atoms with Crippen LogP contribution in [0.2, 0.25) is 0 Å². The Hall–Kier alpha value is -1.69. The Labute approximate surface area is 201 Å². The summed E-state index contributed by atoms with van der Waals surface area (Å²) in [4.78, 5) is 17.8. The number of halogens is 1. The summed E-state index contributed by atoms with van der Waals surface area (Å²) < 4.78 is 1.12. The van der Waals surface area contributed by atoms with Gasteiger partial charge in [0, 0.05) is 30.0 Å². The van der Waals surface area contributed by atoms with Crippen LogP contribution in [-0.4, -0.2) is 41.9 Å². The lowest BCUT2D eigenvalue weighted by atomic mass is 9.95. The predicted molar refractivity (Wildman–Crippen MR) is 134 cm³/mol. The van der Waals surface area contributed by atoms with E-state index in [2.05, 4.69) is 79.6 Å². The second kappa shape index (κ2) is 12.0. The van der Waals surface area contributed by atoms with Crippen LogP contribution in [0.4, 0.5) is 0 Å². The number of hydrogen-bond acceptors (Lipinski definition) is 3. The molecule has 0 bridgehead atoms. The first-order valence-corrected chi connectivity index (χ1v) is 13.0. The molecule has 0 unspecified atom stereocenters. The molecule has 32 heavy (non-hydrogen) atoms. The maximum Gasteiger partial charge on any atom is 0.223 e. The summed E-state index contributed by atoms with van der Waals surface area (Å²) in [6.07, 6.45) is 7.25. The Morgan fingerprint density at radius 1 is 0.812 bits per heavy atom. The van der Waals surface area contributed by atoms with E-state index in [-0.39, 0.29) is 11.8 Å². The van der Waals surface area contributed by atoms with Gasteiger partial charge in [-0.25, -0.2) is 0 Å². The summed E-state index contributed by atoms with van der Waals surface area (Å²) in [5.41, 5.74) is 3.89. The quantitative estimate of drug-likeness (QED) is 0.559. The fraction of sp³-hybridized carbons (Fsp3) is 0.519. The van der Waals surface area contributed by atoms with E-state index < -0.39 is 0 Å². The summed E-state index contributed by atoms with van der Waals surface area (Å²) in [5.74, 6) is 0.346. The molecule has 2 fully saturated rings. The Morgan fingerprint density at radius 3 is 2.09 bits per heavy atom. The van der Waals surface area contributed by atoms with E-state index in [1.807, 2.05) is 0 Å². The molecule has 0 aliphatic carbocycles. The molecule has 1 amide bonds. The third kappa shape index (κ3) is 7.16. The number of hydrogen-bond donors (Lipinski definition) is 1. The van der Waals surface area contributed by atoms with Crippen molar-refractivity contribution in [2.75, 3.05) is 26.2 Å². The van der Waals surface area contributed by atoms with Gasteiger partial charge in [0.05, 0.1) is 0 Å². The monoisotopic (exact) mass is 497 g/mol. The lowest BCUT2D eigenvalue weighted by Gasteiger charge is -2.31. The van der Waals surface area contributed by atoms with Crippen LogP contribution >= 0.6 is 15.9 Å². The number of likely N-dealkylation sites (tertiary alicyclic amines) is 2. The highest BCUT2D eigenvalue weighted by Crippen LogP contribution is 2.21. The van der Waals surface area contributed by atoms with Gasteiger partial charge in [-0.2, -0.15) is 0 Å². The van der Waals surface area contributed by atoms with Crippen LogP contribution in [0.1, 0.15) is 55.2 Å². The van der Waals surface area contributed by atoms with Crippen LogP contribution in [0.5, 0.6) is 0 Å². The third-order valence-corrected chi connectivity index (χ3v) is 7.31. The average Bonchev–Trinajstić information content (AvgIpc) is 3.07. The van der Waals surface area contributed by atoms with E-state index in [9.17, 15) is 4.79 Å². The summed E-state index contributed by atoms with van der Waals surface area (Å²) in [5, 5.41) is 3.20. The van der Waals surface area contributed by atoms with Crippen LogP contribution in [0, 0.1) is 5.92 Å². The molecule has 5 heteroatoms. The van der Waals surface area contributed by atoms with Crippen molar-refractivity contribution in [3.63, 3.8) is 0 Å². The molecule has 4 nitrogen and oxygen atoms in total. The molecule has 0 atom stereocenters. The molecular weight excluding hydrogens is 462 g/mol. The van der Waals surface area contributed by atoms with Crippen LogP contribution < -0.4 is 5.32 Å². The van der Waals surface area contributed by atoms with E-state index in [0.717, 1.165) is 43.5 Å². The number of piperidine rings is 1. The first kappa shape index (κ1) is 23.5. The summed E-state index contributed by atoms with van der Waals surface area (Å²) in [6.45, 7) is 7.00. The van der Waals surface area contributed by atoms with Crippen molar-refractivity contribution in [2.24, 2.45) is 5.92 Å². The molecule has 2 heterocycles. The molecule has 0 radical (unpaired) electrons. The molecule has 2 aromatic carbocycles. The van der Waals surface area contributed by atoms with E-state index in [1.54, 1.807) is 0 Å². The first-order chi connectivity index (χ1) is 15.7. The standard InChI is InChI=1S/C27H36BrN3O/c28-26-10-6-9-24(18-26)21-31-15-11-25(12-16-31)27(32)29-19-22-7-5-8-23(17-22)20-30-13-3-1-2-4-14-30/h5-10,17-18,25H,1-4,11-16,19-21H2,(H,29,32). The van der Waals surface area contributed by atoms with Gasteiger partial charge in [-0.1, -0.05) is 65.2 Å². The van der Waals surface area contributed by atoms with E-state index in [1.165, 1.54) is 55.5 Å². The van der Waals surface area contributed by atoms with Gasteiger partial charge >= 0.3 is 0 Å². The number of carbonyl (C=O) groups excluding carboxylic acids is 1. The molecule has 2 aromatic rings. The zero-order valence-corrected chi connectivity index (χ0v) is 20.7. The van der Waals surface area contributed by atoms with Gasteiger partial charge in [0.15, 0.2) is 0 Å². The Balaban J connectivity index is 1.21. The van der Waals surface area contributed by atoms with E-state index >= 15 is 0 Å². The molecule has 2 aliphatic rings. The van der Waals surface area contributed by atoms with Crippen molar-refractivity contribution in [2.45, 2.75) is 58.2 Å². The van der Waals surface area contributed by atoms with Gasteiger partial charge in [-0.05, 0) is 80.7 Å². The number of carbonyl (C=O) groups is 1. The van der Waals surface area contributed by atoms with E-state index in [4.69, 9.17) is 0 Å². The van der Waals surface area contributed by atoms with Crippen molar-refractivity contribution >= 4 is 21.8 Å². The molecule has 0 saturated carbocycles. The first-order valence-electron chi connectivity index (χ1n) is 12.2. The SMILES string of the molecule is O=C(NCc1cccc(CN2CCCCCC2)c1)C1CCN(Cc2cccc(Br)c2)CC1. The van der Waals surface area contributed by atoms with Gasteiger partial charge in [-0.3, -0.25) is 14.6 Å².